The Bertz CT molecular complexity index is 580. The van der Waals surface area contributed by atoms with Crippen LogP contribution in [0.2, 0.25) is 0 Å². The number of aliphatic imine (C=N–C) groups is 1. The maximum Gasteiger partial charge on any atom is 0.346 e. The van der Waals surface area contributed by atoms with Crippen molar-refractivity contribution in [3.8, 4) is 6.07 Å². The van der Waals surface area contributed by atoms with Crippen LogP contribution in [0.1, 0.15) is 30.0 Å². The fourth-order valence-corrected chi connectivity index (χ4v) is 2.36. The average Bonchev–Trinajstić information content (AvgIpc) is 3.17. The number of hydrogen-bond donors (Lipinski definition) is 1. The SMILES string of the molecule is N#Cc1ccc(C2C(N)=NC(=O)N2CC2CC2)cc1. The molecule has 2 aliphatic rings. The molecule has 1 unspecified atom stereocenters. The number of amidine groups is 1. The van der Waals surface area contributed by atoms with E-state index in [1.54, 1.807) is 17.0 Å². The van der Waals surface area contributed by atoms with Crippen molar-refractivity contribution in [2.24, 2.45) is 16.6 Å². The van der Waals surface area contributed by atoms with Crippen LogP contribution in [-0.4, -0.2) is 23.3 Å². The maximum absolute atomic E-state index is 11.9. The predicted octanol–water partition coefficient (Wildman–Crippen LogP) is 1.80. The molecule has 2 N–H and O–H groups in total. The van der Waals surface area contributed by atoms with E-state index in [-0.39, 0.29) is 12.1 Å². The first-order valence-corrected chi connectivity index (χ1v) is 6.34. The number of hydrogen-bond acceptors (Lipinski definition) is 3. The molecular formula is C14H14N4O. The fraction of sp³-hybridized carbons (Fsp3) is 0.357. The summed E-state index contributed by atoms with van der Waals surface area (Å²) in [5.41, 5.74) is 7.38. The highest BCUT2D eigenvalue weighted by Gasteiger charge is 2.37. The minimum atomic E-state index is -0.277. The molecule has 1 fully saturated rings. The molecular weight excluding hydrogens is 240 g/mol. The summed E-state index contributed by atoms with van der Waals surface area (Å²) in [5, 5.41) is 8.80. The molecule has 96 valence electrons. The van der Waals surface area contributed by atoms with Gasteiger partial charge in [0, 0.05) is 6.54 Å². The van der Waals surface area contributed by atoms with Crippen LogP contribution in [0.3, 0.4) is 0 Å². The Balaban J connectivity index is 1.88. The van der Waals surface area contributed by atoms with Gasteiger partial charge in [-0.2, -0.15) is 10.3 Å². The van der Waals surface area contributed by atoms with Gasteiger partial charge >= 0.3 is 6.03 Å². The topological polar surface area (TPSA) is 82.5 Å². The Hall–Kier alpha value is -2.35. The molecule has 3 rings (SSSR count). The minimum absolute atomic E-state index is 0.251. The molecule has 19 heavy (non-hydrogen) atoms. The van der Waals surface area contributed by atoms with Crippen molar-refractivity contribution in [3.05, 3.63) is 35.4 Å². The van der Waals surface area contributed by atoms with Crippen molar-refractivity contribution >= 4 is 11.9 Å². The summed E-state index contributed by atoms with van der Waals surface area (Å²) in [6.45, 7) is 0.716. The first-order chi connectivity index (χ1) is 9.19. The largest absolute Gasteiger partial charge is 0.385 e. The molecule has 1 saturated carbocycles. The van der Waals surface area contributed by atoms with E-state index in [0.717, 1.165) is 5.56 Å². The molecule has 0 spiro atoms. The number of amides is 2. The summed E-state index contributed by atoms with van der Waals surface area (Å²) in [5.74, 6) is 0.932. The van der Waals surface area contributed by atoms with E-state index in [1.807, 2.05) is 12.1 Å². The molecule has 5 heteroatoms. The Kier molecular flexibility index (Phi) is 2.71. The maximum atomic E-state index is 11.9. The lowest BCUT2D eigenvalue weighted by molar-refractivity contribution is 0.204. The van der Waals surface area contributed by atoms with Crippen LogP contribution in [-0.2, 0) is 0 Å². The summed E-state index contributed by atoms with van der Waals surface area (Å²) in [7, 11) is 0. The van der Waals surface area contributed by atoms with Gasteiger partial charge in [0.25, 0.3) is 0 Å². The number of nitriles is 1. The van der Waals surface area contributed by atoms with E-state index >= 15 is 0 Å². The molecule has 1 heterocycles. The van der Waals surface area contributed by atoms with Crippen LogP contribution >= 0.6 is 0 Å². The first kappa shape index (κ1) is 11.7. The van der Waals surface area contributed by atoms with Gasteiger partial charge in [0.05, 0.1) is 11.6 Å². The number of rotatable bonds is 3. The molecule has 1 aliphatic carbocycles. The zero-order valence-corrected chi connectivity index (χ0v) is 10.4. The molecule has 0 aromatic heterocycles. The van der Waals surface area contributed by atoms with Crippen LogP contribution < -0.4 is 5.73 Å². The summed E-state index contributed by atoms with van der Waals surface area (Å²) in [4.78, 5) is 17.5. The van der Waals surface area contributed by atoms with Crippen molar-refractivity contribution < 1.29 is 4.79 Å². The molecule has 1 aromatic rings. The lowest BCUT2D eigenvalue weighted by Gasteiger charge is -2.24. The monoisotopic (exact) mass is 254 g/mol. The van der Waals surface area contributed by atoms with Gasteiger partial charge in [0.15, 0.2) is 0 Å². The Morgan fingerprint density at radius 3 is 2.63 bits per heavy atom. The van der Waals surface area contributed by atoms with Crippen LogP contribution in [0.15, 0.2) is 29.3 Å². The van der Waals surface area contributed by atoms with Gasteiger partial charge in [-0.05, 0) is 36.5 Å². The number of urea groups is 1. The summed E-state index contributed by atoms with van der Waals surface area (Å²) in [6.07, 6.45) is 2.34. The highest BCUT2D eigenvalue weighted by atomic mass is 16.2. The second kappa shape index (κ2) is 4.39. The number of carbonyl (C=O) groups excluding carboxylic acids is 1. The van der Waals surface area contributed by atoms with E-state index in [4.69, 9.17) is 11.0 Å². The Morgan fingerprint density at radius 2 is 2.05 bits per heavy atom. The van der Waals surface area contributed by atoms with Gasteiger partial charge in [-0.1, -0.05) is 12.1 Å². The van der Waals surface area contributed by atoms with Crippen molar-refractivity contribution in [2.45, 2.75) is 18.9 Å². The van der Waals surface area contributed by atoms with Gasteiger partial charge < -0.3 is 10.6 Å². The standard InChI is InChI=1S/C14H14N4O/c15-7-9-3-5-11(6-4-9)12-13(16)17-14(19)18(12)8-10-1-2-10/h3-6,10,12H,1-2,8H2,(H2,16,17,19). The lowest BCUT2D eigenvalue weighted by atomic mass is 10.0. The number of nitrogens with zero attached hydrogens (tertiary/aromatic N) is 3. The minimum Gasteiger partial charge on any atom is -0.385 e. The zero-order chi connectivity index (χ0) is 13.4. The molecule has 1 aliphatic heterocycles. The van der Waals surface area contributed by atoms with E-state index in [1.165, 1.54) is 12.8 Å². The van der Waals surface area contributed by atoms with Crippen LogP contribution in [0.25, 0.3) is 0 Å². The van der Waals surface area contributed by atoms with Gasteiger partial charge in [0.2, 0.25) is 0 Å². The predicted molar refractivity (Wildman–Crippen MR) is 70.3 cm³/mol. The highest BCUT2D eigenvalue weighted by molar-refractivity contribution is 6.03. The Morgan fingerprint density at radius 1 is 1.37 bits per heavy atom. The van der Waals surface area contributed by atoms with E-state index in [2.05, 4.69) is 11.1 Å². The van der Waals surface area contributed by atoms with E-state index < -0.39 is 0 Å². The van der Waals surface area contributed by atoms with E-state index in [0.29, 0.717) is 23.9 Å². The molecule has 0 bridgehead atoms. The number of benzene rings is 1. The van der Waals surface area contributed by atoms with Gasteiger partial charge in [-0.15, -0.1) is 0 Å². The summed E-state index contributed by atoms with van der Waals surface area (Å²) >= 11 is 0. The van der Waals surface area contributed by atoms with Crippen LogP contribution in [0.5, 0.6) is 0 Å². The third kappa shape index (κ3) is 2.17. The van der Waals surface area contributed by atoms with Crippen molar-refractivity contribution in [2.75, 3.05) is 6.54 Å². The molecule has 0 saturated heterocycles. The van der Waals surface area contributed by atoms with Gasteiger partial charge in [-0.25, -0.2) is 4.79 Å². The molecule has 2 amide bonds. The second-order valence-electron chi connectivity index (χ2n) is 5.05. The van der Waals surface area contributed by atoms with Crippen LogP contribution in [0, 0.1) is 17.2 Å². The van der Waals surface area contributed by atoms with Crippen molar-refractivity contribution in [3.63, 3.8) is 0 Å². The molecule has 5 nitrogen and oxygen atoms in total. The molecule has 0 radical (unpaired) electrons. The quantitative estimate of drug-likeness (QED) is 0.892. The second-order valence-corrected chi connectivity index (χ2v) is 5.05. The zero-order valence-electron chi connectivity index (χ0n) is 10.4. The first-order valence-electron chi connectivity index (χ1n) is 6.34. The summed E-state index contributed by atoms with van der Waals surface area (Å²) < 4.78 is 0. The third-order valence-electron chi connectivity index (χ3n) is 3.57. The van der Waals surface area contributed by atoms with Gasteiger partial charge in [0.1, 0.15) is 11.9 Å². The molecule has 1 atom stereocenters. The fourth-order valence-electron chi connectivity index (χ4n) is 2.36. The lowest BCUT2D eigenvalue weighted by Crippen LogP contribution is -2.34. The van der Waals surface area contributed by atoms with Crippen LogP contribution in [0.4, 0.5) is 4.79 Å². The van der Waals surface area contributed by atoms with Crippen molar-refractivity contribution in [1.29, 1.82) is 5.26 Å². The summed E-state index contributed by atoms with van der Waals surface area (Å²) in [6, 6.07) is 8.70. The van der Waals surface area contributed by atoms with E-state index in [9.17, 15) is 4.79 Å². The van der Waals surface area contributed by atoms with Gasteiger partial charge in [-0.3, -0.25) is 0 Å². The average molecular weight is 254 g/mol. The smallest absolute Gasteiger partial charge is 0.346 e. The Labute approximate surface area is 111 Å². The number of nitrogens with two attached hydrogens (primary N) is 1. The number of carbonyl (C=O) groups is 1. The third-order valence-corrected chi connectivity index (χ3v) is 3.57. The normalized spacial score (nSPS) is 22.3. The van der Waals surface area contributed by atoms with Crippen molar-refractivity contribution in [1.82, 2.24) is 4.90 Å². The molecule has 1 aromatic carbocycles. The highest BCUT2D eigenvalue weighted by Crippen LogP contribution is 2.35.